The molecule has 0 radical (unpaired) electrons. The number of rotatable bonds is 8. The first kappa shape index (κ1) is 53.9. The zero-order valence-corrected chi connectivity index (χ0v) is 49.3. The van der Waals surface area contributed by atoms with Crippen molar-refractivity contribution in [3.63, 3.8) is 0 Å². The molecule has 382 valence electrons. The van der Waals surface area contributed by atoms with Crippen molar-refractivity contribution in [1.82, 2.24) is 29.9 Å². The molecule has 0 fully saturated rings. The smallest absolute Gasteiger partial charge is 0.335 e. The SMILES string of the molecule is COc1ccc2nc(-c3ccc(Br)cc3)c(-c3ccc(Br)cc3)nc2c1.Cc1ccc(-c2nc3cc(C(=O)O)ccc3nc2-c2ccc(Br)cc2)cc1.Oc1cccc2nc(-c3ccc(Br)cc3)c(-c3ccc(Br)cc3)nc12. The molecule has 0 aliphatic carbocycles. The molecular formula is C63H41Br5N6O4. The fraction of sp³-hybridized carbons (Fsp3) is 0.0317. The molecule has 0 saturated carbocycles. The predicted molar refractivity (Wildman–Crippen MR) is 330 cm³/mol. The lowest BCUT2D eigenvalue weighted by atomic mass is 10.0. The second-order valence-electron chi connectivity index (χ2n) is 17.7. The Morgan fingerprint density at radius 3 is 1.10 bits per heavy atom. The number of carboxylic acid groups (broad SMARTS) is 1. The predicted octanol–water partition coefficient (Wildman–Crippen LogP) is 18.4. The van der Waals surface area contributed by atoms with Crippen LogP contribution in [0.1, 0.15) is 15.9 Å². The average molecular weight is 1350 g/mol. The zero-order chi connectivity index (χ0) is 54.5. The van der Waals surface area contributed by atoms with Gasteiger partial charge >= 0.3 is 5.97 Å². The summed E-state index contributed by atoms with van der Waals surface area (Å²) in [7, 11) is 1.65. The maximum absolute atomic E-state index is 11.3. The number of aromatic hydroxyl groups is 1. The monoisotopic (exact) mass is 1340 g/mol. The number of aryl methyl sites for hydroxylation is 1. The van der Waals surface area contributed by atoms with Crippen LogP contribution in [0.2, 0.25) is 0 Å². The lowest BCUT2D eigenvalue weighted by Gasteiger charge is -2.11. The van der Waals surface area contributed by atoms with E-state index in [4.69, 9.17) is 34.6 Å². The fourth-order valence-corrected chi connectivity index (χ4v) is 9.69. The molecule has 0 aliphatic rings. The Balaban J connectivity index is 0.000000132. The maximum atomic E-state index is 11.3. The van der Waals surface area contributed by atoms with Gasteiger partial charge in [-0.05, 0) is 110 Å². The summed E-state index contributed by atoms with van der Waals surface area (Å²) in [6.45, 7) is 2.03. The van der Waals surface area contributed by atoms with Crippen LogP contribution in [0.4, 0.5) is 0 Å². The van der Waals surface area contributed by atoms with Crippen LogP contribution in [0.15, 0.2) is 223 Å². The van der Waals surface area contributed by atoms with Crippen molar-refractivity contribution in [3.05, 3.63) is 234 Å². The van der Waals surface area contributed by atoms with Crippen LogP contribution < -0.4 is 4.74 Å². The second kappa shape index (κ2) is 24.0. The summed E-state index contributed by atoms with van der Waals surface area (Å²) in [6.07, 6.45) is 0. The number of fused-ring (bicyclic) bond motifs is 3. The van der Waals surface area contributed by atoms with Gasteiger partial charge in [0.25, 0.3) is 0 Å². The minimum atomic E-state index is -0.979. The molecule has 0 atom stereocenters. The summed E-state index contributed by atoms with van der Waals surface area (Å²) >= 11 is 17.4. The topological polar surface area (TPSA) is 144 Å². The Kier molecular flexibility index (Phi) is 16.6. The number of aromatic carboxylic acids is 1. The van der Waals surface area contributed by atoms with Crippen molar-refractivity contribution in [2.45, 2.75) is 6.92 Å². The Morgan fingerprint density at radius 1 is 0.385 bits per heavy atom. The molecule has 9 aromatic carbocycles. The highest BCUT2D eigenvalue weighted by Gasteiger charge is 2.18. The van der Waals surface area contributed by atoms with Gasteiger partial charge in [0.05, 0.1) is 74.4 Å². The zero-order valence-electron chi connectivity index (χ0n) is 41.3. The molecule has 0 saturated heterocycles. The van der Waals surface area contributed by atoms with Crippen molar-refractivity contribution < 1.29 is 19.7 Å². The molecule has 0 bridgehead atoms. The van der Waals surface area contributed by atoms with Crippen molar-refractivity contribution in [3.8, 4) is 79.0 Å². The van der Waals surface area contributed by atoms with Gasteiger partial charge in [0.1, 0.15) is 17.0 Å². The van der Waals surface area contributed by atoms with E-state index in [0.717, 1.165) is 112 Å². The highest BCUT2D eigenvalue weighted by molar-refractivity contribution is 9.11. The van der Waals surface area contributed by atoms with Gasteiger partial charge in [-0.15, -0.1) is 0 Å². The van der Waals surface area contributed by atoms with Gasteiger partial charge < -0.3 is 14.9 Å². The lowest BCUT2D eigenvalue weighted by Crippen LogP contribution is -1.99. The molecule has 0 amide bonds. The summed E-state index contributed by atoms with van der Waals surface area (Å²) in [4.78, 5) is 40.2. The number of ether oxygens (including phenoxy) is 1. The number of carbonyl (C=O) groups is 1. The third-order valence-electron chi connectivity index (χ3n) is 12.4. The van der Waals surface area contributed by atoms with E-state index < -0.39 is 5.97 Å². The van der Waals surface area contributed by atoms with Crippen LogP contribution in [0.25, 0.3) is 101 Å². The van der Waals surface area contributed by atoms with Crippen molar-refractivity contribution in [1.29, 1.82) is 0 Å². The van der Waals surface area contributed by atoms with Gasteiger partial charge in [0.2, 0.25) is 0 Å². The number of nitrogens with zero attached hydrogens (tertiary/aromatic N) is 6. The highest BCUT2D eigenvalue weighted by atomic mass is 79.9. The van der Waals surface area contributed by atoms with Crippen LogP contribution >= 0.6 is 79.6 Å². The largest absolute Gasteiger partial charge is 0.506 e. The quantitative estimate of drug-likeness (QED) is 0.151. The van der Waals surface area contributed by atoms with Crippen molar-refractivity contribution in [2.75, 3.05) is 7.11 Å². The van der Waals surface area contributed by atoms with E-state index in [2.05, 4.69) is 79.6 Å². The molecule has 0 unspecified atom stereocenters. The molecule has 12 aromatic rings. The maximum Gasteiger partial charge on any atom is 0.335 e. The first-order valence-corrected chi connectivity index (χ1v) is 28.0. The van der Waals surface area contributed by atoms with Crippen LogP contribution in [0.3, 0.4) is 0 Å². The molecule has 10 nitrogen and oxygen atoms in total. The van der Waals surface area contributed by atoms with E-state index in [-0.39, 0.29) is 11.3 Å². The molecule has 2 N–H and O–H groups in total. The van der Waals surface area contributed by atoms with Crippen molar-refractivity contribution in [2.24, 2.45) is 0 Å². The third-order valence-corrected chi connectivity index (χ3v) is 15.0. The van der Waals surface area contributed by atoms with Crippen LogP contribution in [-0.2, 0) is 0 Å². The van der Waals surface area contributed by atoms with Gasteiger partial charge in [0.15, 0.2) is 0 Å². The van der Waals surface area contributed by atoms with Crippen LogP contribution in [0.5, 0.6) is 11.5 Å². The molecule has 15 heteroatoms. The van der Waals surface area contributed by atoms with Gasteiger partial charge in [-0.1, -0.05) is 176 Å². The number of hydrogen-bond donors (Lipinski definition) is 2. The normalized spacial score (nSPS) is 10.9. The summed E-state index contributed by atoms with van der Waals surface area (Å²) in [6, 6.07) is 63.9. The number of carboxylic acids is 1. The summed E-state index contributed by atoms with van der Waals surface area (Å²) in [5, 5.41) is 19.4. The van der Waals surface area contributed by atoms with Gasteiger partial charge in [-0.2, -0.15) is 0 Å². The molecule has 12 rings (SSSR count). The van der Waals surface area contributed by atoms with Crippen LogP contribution in [0, 0.1) is 6.92 Å². The molecule has 3 aromatic heterocycles. The van der Waals surface area contributed by atoms with Crippen LogP contribution in [-0.4, -0.2) is 53.2 Å². The molecular weight excluding hydrogens is 1300 g/mol. The Labute approximate surface area is 491 Å². The average Bonchev–Trinajstić information content (AvgIpc) is 3.52. The number of para-hydroxylation sites is 1. The van der Waals surface area contributed by atoms with Gasteiger partial charge in [-0.25, -0.2) is 34.7 Å². The molecule has 0 spiro atoms. The number of hydrogen-bond acceptors (Lipinski definition) is 9. The molecule has 3 heterocycles. The van der Waals surface area contributed by atoms with Gasteiger partial charge in [-0.3, -0.25) is 0 Å². The summed E-state index contributed by atoms with van der Waals surface area (Å²) in [5.74, 6) is -0.0803. The number of methoxy groups -OCH3 is 1. The van der Waals surface area contributed by atoms with Crippen molar-refractivity contribution >= 4 is 119 Å². The lowest BCUT2D eigenvalue weighted by molar-refractivity contribution is 0.0697. The first-order valence-electron chi connectivity index (χ1n) is 24.0. The summed E-state index contributed by atoms with van der Waals surface area (Å²) in [5.41, 5.74) is 16.0. The van der Waals surface area contributed by atoms with E-state index in [1.165, 1.54) is 0 Å². The number of phenols is 1. The van der Waals surface area contributed by atoms with E-state index in [1.54, 1.807) is 37.4 Å². The Bertz CT molecular complexity index is 4150. The number of halogens is 5. The number of aromatic nitrogens is 6. The third kappa shape index (κ3) is 12.4. The van der Waals surface area contributed by atoms with Gasteiger partial charge in [0, 0.05) is 61.8 Å². The fourth-order valence-electron chi connectivity index (χ4n) is 8.37. The van der Waals surface area contributed by atoms with E-state index in [0.29, 0.717) is 22.1 Å². The van der Waals surface area contributed by atoms with E-state index in [9.17, 15) is 15.0 Å². The van der Waals surface area contributed by atoms with E-state index >= 15 is 0 Å². The van der Waals surface area contributed by atoms with E-state index in [1.807, 2.05) is 177 Å². The molecule has 0 aliphatic heterocycles. The minimum absolute atomic E-state index is 0.130. The molecule has 78 heavy (non-hydrogen) atoms. The number of benzene rings is 9. The Morgan fingerprint density at radius 2 is 0.718 bits per heavy atom. The number of phenolic OH excluding ortho intramolecular Hbond substituents is 1. The second-order valence-corrected chi connectivity index (χ2v) is 22.2. The minimum Gasteiger partial charge on any atom is -0.506 e. The summed E-state index contributed by atoms with van der Waals surface area (Å²) < 4.78 is 10.4. The standard InChI is InChI=1S/C22H15BrN2O2.C21H14Br2N2O.C20H12Br2N2O/c1-13-2-4-14(5-3-13)21-20(15-6-9-17(23)10-7-15)24-18-11-8-16(22(26)27)12-19(18)25-21;1-26-17-10-11-18-19(12-17)25-21(14-4-8-16(23)9-5-14)20(24-18)13-2-6-15(22)7-3-13;21-14-8-4-12(5-9-14)18-19(13-6-10-15(22)11-7-13)24-20-16(23-18)2-1-3-17(20)25/h2-12H,1H3,(H,26,27);2-12H,1H3;1-11,25H. The highest BCUT2D eigenvalue weighted by Crippen LogP contribution is 2.37. The Hall–Kier alpha value is -7.53. The first-order chi connectivity index (χ1) is 37.8.